The third-order valence-corrected chi connectivity index (χ3v) is 4.52. The predicted molar refractivity (Wildman–Crippen MR) is 102 cm³/mol. The molecule has 0 radical (unpaired) electrons. The molecule has 0 aliphatic rings. The SMILES string of the molecule is COc1ccc2oc(C(C)NC(=O)N(C)Cc3ccccc3)c(C)c2c1. The van der Waals surface area contributed by atoms with E-state index in [2.05, 4.69) is 5.32 Å². The molecule has 26 heavy (non-hydrogen) atoms. The third-order valence-electron chi connectivity index (χ3n) is 4.52. The molecule has 0 aliphatic heterocycles. The van der Waals surface area contributed by atoms with Crippen LogP contribution in [0.1, 0.15) is 29.9 Å². The summed E-state index contributed by atoms with van der Waals surface area (Å²) >= 11 is 0. The third kappa shape index (κ3) is 3.67. The molecule has 2 amide bonds. The molecule has 136 valence electrons. The second-order valence-corrected chi connectivity index (χ2v) is 6.47. The van der Waals surface area contributed by atoms with Gasteiger partial charge in [0.2, 0.25) is 0 Å². The number of ether oxygens (including phenoxy) is 1. The maximum absolute atomic E-state index is 12.5. The summed E-state index contributed by atoms with van der Waals surface area (Å²) in [6.45, 7) is 4.48. The summed E-state index contributed by atoms with van der Waals surface area (Å²) < 4.78 is 11.3. The van der Waals surface area contributed by atoms with E-state index < -0.39 is 0 Å². The maximum atomic E-state index is 12.5. The van der Waals surface area contributed by atoms with Gasteiger partial charge in [-0.3, -0.25) is 0 Å². The number of methoxy groups -OCH3 is 1. The summed E-state index contributed by atoms with van der Waals surface area (Å²) in [6, 6.07) is 15.2. The first-order valence-electron chi connectivity index (χ1n) is 8.62. The number of carbonyl (C=O) groups is 1. The highest BCUT2D eigenvalue weighted by Gasteiger charge is 2.20. The maximum Gasteiger partial charge on any atom is 0.318 e. The number of benzene rings is 2. The van der Waals surface area contributed by atoms with Crippen LogP contribution in [0, 0.1) is 6.92 Å². The average molecular weight is 352 g/mol. The van der Waals surface area contributed by atoms with Gasteiger partial charge >= 0.3 is 6.03 Å². The normalized spacial score (nSPS) is 12.0. The largest absolute Gasteiger partial charge is 0.497 e. The van der Waals surface area contributed by atoms with E-state index in [1.54, 1.807) is 19.1 Å². The van der Waals surface area contributed by atoms with E-state index >= 15 is 0 Å². The quantitative estimate of drug-likeness (QED) is 0.727. The van der Waals surface area contributed by atoms with E-state index in [4.69, 9.17) is 9.15 Å². The Morgan fingerprint density at radius 2 is 1.96 bits per heavy atom. The molecule has 0 bridgehead atoms. The van der Waals surface area contributed by atoms with Gasteiger partial charge in [0.1, 0.15) is 17.1 Å². The number of carbonyl (C=O) groups excluding carboxylic acids is 1. The standard InChI is InChI=1S/C21H24N2O3/c1-14-18-12-17(25-4)10-11-19(18)26-20(14)15(2)22-21(24)23(3)13-16-8-6-5-7-9-16/h5-12,15H,13H2,1-4H3,(H,22,24). The average Bonchev–Trinajstić information content (AvgIpc) is 2.98. The fraction of sp³-hybridized carbons (Fsp3) is 0.286. The molecule has 1 atom stereocenters. The summed E-state index contributed by atoms with van der Waals surface area (Å²) in [5.41, 5.74) is 2.89. The minimum atomic E-state index is -0.237. The summed E-state index contributed by atoms with van der Waals surface area (Å²) in [7, 11) is 3.42. The number of nitrogens with zero attached hydrogens (tertiary/aromatic N) is 1. The van der Waals surface area contributed by atoms with Crippen molar-refractivity contribution in [2.45, 2.75) is 26.4 Å². The van der Waals surface area contributed by atoms with Crippen LogP contribution < -0.4 is 10.1 Å². The minimum Gasteiger partial charge on any atom is -0.497 e. The van der Waals surface area contributed by atoms with Gasteiger partial charge in [0.25, 0.3) is 0 Å². The zero-order valence-corrected chi connectivity index (χ0v) is 15.6. The molecule has 3 aromatic rings. The molecule has 1 unspecified atom stereocenters. The van der Waals surface area contributed by atoms with Crippen LogP contribution in [-0.2, 0) is 6.54 Å². The van der Waals surface area contributed by atoms with Crippen LogP contribution in [0.3, 0.4) is 0 Å². The van der Waals surface area contributed by atoms with Gasteiger partial charge in [-0.2, -0.15) is 0 Å². The van der Waals surface area contributed by atoms with Crippen LogP contribution in [0.25, 0.3) is 11.0 Å². The molecule has 0 spiro atoms. The molecule has 1 heterocycles. The van der Waals surface area contributed by atoms with Crippen LogP contribution in [-0.4, -0.2) is 25.1 Å². The number of hydrogen-bond acceptors (Lipinski definition) is 3. The molecule has 0 saturated heterocycles. The summed E-state index contributed by atoms with van der Waals surface area (Å²) in [6.07, 6.45) is 0. The molecule has 0 aliphatic carbocycles. The summed E-state index contributed by atoms with van der Waals surface area (Å²) in [5.74, 6) is 1.54. The van der Waals surface area contributed by atoms with Crippen LogP contribution in [0.5, 0.6) is 5.75 Å². The molecular weight excluding hydrogens is 328 g/mol. The van der Waals surface area contributed by atoms with E-state index in [9.17, 15) is 4.79 Å². The Bertz CT molecular complexity index is 902. The van der Waals surface area contributed by atoms with E-state index in [0.717, 1.165) is 33.6 Å². The lowest BCUT2D eigenvalue weighted by atomic mass is 10.1. The Morgan fingerprint density at radius 3 is 2.65 bits per heavy atom. The predicted octanol–water partition coefficient (Wildman–Crippen LogP) is 4.65. The zero-order valence-electron chi connectivity index (χ0n) is 15.6. The fourth-order valence-corrected chi connectivity index (χ4v) is 3.05. The highest BCUT2D eigenvalue weighted by Crippen LogP contribution is 2.31. The molecule has 2 aromatic carbocycles. The highest BCUT2D eigenvalue weighted by molar-refractivity contribution is 5.84. The number of aryl methyl sites for hydroxylation is 1. The van der Waals surface area contributed by atoms with E-state index in [-0.39, 0.29) is 12.1 Å². The van der Waals surface area contributed by atoms with Gasteiger partial charge in [-0.15, -0.1) is 0 Å². The Kier molecular flexibility index (Phi) is 5.16. The van der Waals surface area contributed by atoms with Crippen molar-refractivity contribution < 1.29 is 13.9 Å². The van der Waals surface area contributed by atoms with Crippen molar-refractivity contribution in [1.29, 1.82) is 0 Å². The number of furan rings is 1. The second-order valence-electron chi connectivity index (χ2n) is 6.47. The van der Waals surface area contributed by atoms with Gasteiger partial charge in [0, 0.05) is 24.5 Å². The molecule has 1 N–H and O–H groups in total. The Labute approximate surface area is 153 Å². The Balaban J connectivity index is 1.73. The molecule has 1 aromatic heterocycles. The molecule has 5 nitrogen and oxygen atoms in total. The van der Waals surface area contributed by atoms with Crippen LogP contribution >= 0.6 is 0 Å². The summed E-state index contributed by atoms with van der Waals surface area (Å²) in [4.78, 5) is 14.2. The lowest BCUT2D eigenvalue weighted by Crippen LogP contribution is -2.38. The monoisotopic (exact) mass is 352 g/mol. The fourth-order valence-electron chi connectivity index (χ4n) is 3.05. The first-order chi connectivity index (χ1) is 12.5. The van der Waals surface area contributed by atoms with Crippen LogP contribution in [0.2, 0.25) is 0 Å². The van der Waals surface area contributed by atoms with Crippen molar-refractivity contribution in [3.05, 3.63) is 65.4 Å². The highest BCUT2D eigenvalue weighted by atomic mass is 16.5. The molecular formula is C21H24N2O3. The van der Waals surface area contributed by atoms with Crippen LogP contribution in [0.15, 0.2) is 52.9 Å². The van der Waals surface area contributed by atoms with Gasteiger partial charge in [0.15, 0.2) is 0 Å². The number of fused-ring (bicyclic) bond motifs is 1. The van der Waals surface area contributed by atoms with Crippen molar-refractivity contribution in [1.82, 2.24) is 10.2 Å². The van der Waals surface area contributed by atoms with E-state index in [0.29, 0.717) is 6.54 Å². The lowest BCUT2D eigenvalue weighted by molar-refractivity contribution is 0.202. The van der Waals surface area contributed by atoms with Gasteiger partial charge in [-0.1, -0.05) is 30.3 Å². The van der Waals surface area contributed by atoms with Crippen molar-refractivity contribution in [3.8, 4) is 5.75 Å². The molecule has 3 rings (SSSR count). The van der Waals surface area contributed by atoms with Crippen molar-refractivity contribution in [2.24, 2.45) is 0 Å². The van der Waals surface area contributed by atoms with E-state index in [1.165, 1.54) is 0 Å². The lowest BCUT2D eigenvalue weighted by Gasteiger charge is -2.21. The Hall–Kier alpha value is -2.95. The molecule has 0 fully saturated rings. The van der Waals surface area contributed by atoms with Crippen molar-refractivity contribution in [2.75, 3.05) is 14.2 Å². The van der Waals surface area contributed by atoms with Gasteiger partial charge in [-0.25, -0.2) is 4.79 Å². The van der Waals surface area contributed by atoms with Crippen LogP contribution in [0.4, 0.5) is 4.79 Å². The second kappa shape index (κ2) is 7.52. The van der Waals surface area contributed by atoms with Gasteiger partial charge in [0.05, 0.1) is 13.2 Å². The smallest absolute Gasteiger partial charge is 0.318 e. The Morgan fingerprint density at radius 1 is 1.23 bits per heavy atom. The number of hydrogen-bond donors (Lipinski definition) is 1. The number of nitrogens with one attached hydrogen (secondary N) is 1. The number of amides is 2. The topological polar surface area (TPSA) is 54.7 Å². The first-order valence-corrected chi connectivity index (χ1v) is 8.62. The zero-order chi connectivity index (χ0) is 18.7. The molecule has 0 saturated carbocycles. The van der Waals surface area contributed by atoms with Gasteiger partial charge in [-0.05, 0) is 37.6 Å². The number of rotatable bonds is 5. The minimum absolute atomic E-state index is 0.140. The van der Waals surface area contributed by atoms with Crippen molar-refractivity contribution in [3.63, 3.8) is 0 Å². The van der Waals surface area contributed by atoms with Gasteiger partial charge < -0.3 is 19.4 Å². The summed E-state index contributed by atoms with van der Waals surface area (Å²) in [5, 5.41) is 4.01. The van der Waals surface area contributed by atoms with E-state index in [1.807, 2.05) is 62.4 Å². The number of urea groups is 1. The molecule has 5 heteroatoms. The van der Waals surface area contributed by atoms with Crippen molar-refractivity contribution >= 4 is 17.0 Å². The first kappa shape index (κ1) is 17.9.